The van der Waals surface area contributed by atoms with Crippen LogP contribution in [0, 0.1) is 17.7 Å². The maximum Gasteiger partial charge on any atom is 0.266 e. The lowest BCUT2D eigenvalue weighted by molar-refractivity contribution is 0.00230. The van der Waals surface area contributed by atoms with Crippen molar-refractivity contribution >= 4 is 11.6 Å². The maximum absolute atomic E-state index is 14.8. The Morgan fingerprint density at radius 2 is 1.89 bits per heavy atom. The molecule has 3 fully saturated rings. The number of hydrogen-bond donors (Lipinski definition) is 2. The van der Waals surface area contributed by atoms with Crippen molar-refractivity contribution in [3.8, 4) is 0 Å². The number of pyridine rings is 1. The Hall–Kier alpha value is -2.92. The maximum atomic E-state index is 14.8. The van der Waals surface area contributed by atoms with E-state index in [1.54, 1.807) is 0 Å². The van der Waals surface area contributed by atoms with Gasteiger partial charge in [0.25, 0.3) is 17.9 Å². The number of aromatic nitrogens is 1. The van der Waals surface area contributed by atoms with E-state index in [-0.39, 0.29) is 36.8 Å². The molecule has 3 aliphatic rings. The van der Waals surface area contributed by atoms with Crippen LogP contribution < -0.4 is 16.2 Å². The summed E-state index contributed by atoms with van der Waals surface area (Å²) in [5.41, 5.74) is -0.828. The summed E-state index contributed by atoms with van der Waals surface area (Å²) >= 11 is 0. The molecule has 2 aliphatic heterocycles. The highest BCUT2D eigenvalue weighted by molar-refractivity contribution is 5.99. The molecule has 3 heterocycles. The molecule has 1 aromatic carbocycles. The summed E-state index contributed by atoms with van der Waals surface area (Å²) < 4.78 is 62.3. The average Bonchev–Trinajstić information content (AvgIpc) is 2.87. The number of nitrogens with one attached hydrogen (secondary N) is 2. The zero-order valence-electron chi connectivity index (χ0n) is 21.3. The lowest BCUT2D eigenvalue weighted by Gasteiger charge is -2.53. The summed E-state index contributed by atoms with van der Waals surface area (Å²) in [4.78, 5) is 28.9. The number of carbonyl (C=O) groups excluding carboxylic acids is 1. The van der Waals surface area contributed by atoms with Crippen molar-refractivity contribution in [1.82, 2.24) is 14.8 Å². The molecule has 206 valence electrons. The Morgan fingerprint density at radius 1 is 1.18 bits per heavy atom. The zero-order chi connectivity index (χ0) is 27.1. The zero-order valence-corrected chi connectivity index (χ0v) is 21.3. The Labute approximate surface area is 218 Å². The monoisotopic (exact) mass is 536 g/mol. The molecule has 7 nitrogen and oxygen atoms in total. The predicted molar refractivity (Wildman–Crippen MR) is 134 cm³/mol. The van der Waals surface area contributed by atoms with E-state index in [4.69, 9.17) is 4.74 Å². The summed E-state index contributed by atoms with van der Waals surface area (Å²) in [6.45, 7) is 3.43. The molecule has 38 heavy (non-hydrogen) atoms. The van der Waals surface area contributed by atoms with Crippen LogP contribution in [-0.2, 0) is 4.74 Å². The smallest absolute Gasteiger partial charge is 0.266 e. The molecule has 6 atom stereocenters. The van der Waals surface area contributed by atoms with Gasteiger partial charge in [0.1, 0.15) is 12.0 Å². The van der Waals surface area contributed by atoms with Gasteiger partial charge in [-0.25, -0.2) is 17.6 Å². The first-order valence-electron chi connectivity index (χ1n) is 12.9. The fraction of sp³-hybridized carbons (Fsp3) is 0.556. The SMILES string of the molecule is C[C@@H](NC(=O)c1cn([C@@H]2CCOC[C@H]2F)c(=O)cc1N[C@@H]1[C@@H]2C[C@H]1CN(C)C2)c1cccc(C(F)F)c1F. The van der Waals surface area contributed by atoms with Gasteiger partial charge in [-0.2, -0.15) is 0 Å². The Bertz CT molecular complexity index is 1240. The van der Waals surface area contributed by atoms with Crippen LogP contribution in [0.5, 0.6) is 0 Å². The van der Waals surface area contributed by atoms with Crippen LogP contribution in [0.25, 0.3) is 0 Å². The van der Waals surface area contributed by atoms with Crippen molar-refractivity contribution in [3.63, 3.8) is 0 Å². The molecule has 5 rings (SSSR count). The first-order chi connectivity index (χ1) is 18.1. The van der Waals surface area contributed by atoms with E-state index in [9.17, 15) is 27.2 Å². The Balaban J connectivity index is 1.46. The van der Waals surface area contributed by atoms with Crippen LogP contribution >= 0.6 is 0 Å². The number of amides is 1. The van der Waals surface area contributed by atoms with Crippen molar-refractivity contribution in [2.24, 2.45) is 11.8 Å². The second-order valence-corrected chi connectivity index (χ2v) is 10.7. The first kappa shape index (κ1) is 26.7. The quantitative estimate of drug-likeness (QED) is 0.522. The summed E-state index contributed by atoms with van der Waals surface area (Å²) in [5.74, 6) is -0.965. The molecule has 0 unspecified atom stereocenters. The number of likely N-dealkylation sites (tertiary alicyclic amines) is 1. The van der Waals surface area contributed by atoms with E-state index in [0.29, 0.717) is 17.5 Å². The van der Waals surface area contributed by atoms with Crippen molar-refractivity contribution in [2.45, 2.75) is 50.5 Å². The number of anilines is 1. The van der Waals surface area contributed by atoms with Gasteiger partial charge in [-0.15, -0.1) is 0 Å². The van der Waals surface area contributed by atoms with Gasteiger partial charge in [-0.1, -0.05) is 18.2 Å². The Kier molecular flexibility index (Phi) is 7.50. The largest absolute Gasteiger partial charge is 0.381 e. The first-order valence-corrected chi connectivity index (χ1v) is 12.9. The standard InChI is InChI=1S/C27H32F4N4O3/c1-14(17-4-3-5-18(24(17)29)26(30)31)32-27(37)19-12-35(22-6-7-38-13-20(22)28)23(36)9-21(19)33-25-15-8-16(25)11-34(2)10-15/h3-5,9,12,14-16,20,22,25-26,33H,6-8,10-11,13H2,1-2H3,(H,32,37)/t14-,15-,16+,20-,22-,25-/m1/s1. The number of alkyl halides is 3. The van der Waals surface area contributed by atoms with Gasteiger partial charge in [0.05, 0.1) is 35.5 Å². The highest BCUT2D eigenvalue weighted by atomic mass is 19.3. The number of nitrogens with zero attached hydrogens (tertiary/aromatic N) is 2. The van der Waals surface area contributed by atoms with E-state index < -0.39 is 47.5 Å². The summed E-state index contributed by atoms with van der Waals surface area (Å²) in [5, 5.41) is 6.07. The molecule has 2 saturated heterocycles. The minimum atomic E-state index is -2.99. The minimum Gasteiger partial charge on any atom is -0.381 e. The number of hydrogen-bond acceptors (Lipinski definition) is 5. The van der Waals surface area contributed by atoms with Gasteiger partial charge < -0.3 is 24.8 Å². The lowest BCUT2D eigenvalue weighted by atomic mass is 9.66. The van der Waals surface area contributed by atoms with Crippen molar-refractivity contribution in [3.05, 3.63) is 63.3 Å². The number of piperidine rings is 2. The fourth-order valence-electron chi connectivity index (χ4n) is 6.07. The van der Waals surface area contributed by atoms with Gasteiger partial charge >= 0.3 is 0 Å². The molecule has 0 spiro atoms. The van der Waals surface area contributed by atoms with Crippen molar-refractivity contribution in [2.75, 3.05) is 38.7 Å². The van der Waals surface area contributed by atoms with Gasteiger partial charge in [0.2, 0.25) is 0 Å². The number of carbonyl (C=O) groups is 1. The van der Waals surface area contributed by atoms with Gasteiger partial charge in [0, 0.05) is 43.6 Å². The third-order valence-corrected chi connectivity index (χ3v) is 8.08. The van der Waals surface area contributed by atoms with Crippen LogP contribution in [0.2, 0.25) is 0 Å². The highest BCUT2D eigenvalue weighted by Gasteiger charge is 2.46. The minimum absolute atomic E-state index is 0.0798. The molecular formula is C27H32F4N4O3. The summed E-state index contributed by atoms with van der Waals surface area (Å²) in [7, 11) is 2.06. The third kappa shape index (κ3) is 5.05. The molecule has 11 heteroatoms. The molecule has 2 N–H and O–H groups in total. The molecule has 1 aliphatic carbocycles. The summed E-state index contributed by atoms with van der Waals surface area (Å²) in [6, 6.07) is 3.33. The van der Waals surface area contributed by atoms with E-state index in [2.05, 4.69) is 22.6 Å². The molecule has 0 radical (unpaired) electrons. The molecule has 2 bridgehead atoms. The average molecular weight is 537 g/mol. The fourth-order valence-corrected chi connectivity index (χ4v) is 6.07. The van der Waals surface area contributed by atoms with Crippen LogP contribution in [-0.4, -0.2) is 60.9 Å². The third-order valence-electron chi connectivity index (χ3n) is 8.08. The highest BCUT2D eigenvalue weighted by Crippen LogP contribution is 2.41. The van der Waals surface area contributed by atoms with Crippen molar-refractivity contribution in [1.29, 1.82) is 0 Å². The number of ether oxygens (including phenoxy) is 1. The van der Waals surface area contributed by atoms with Gasteiger partial charge in [-0.05, 0) is 38.6 Å². The second-order valence-electron chi connectivity index (χ2n) is 10.7. The second kappa shape index (κ2) is 10.7. The van der Waals surface area contributed by atoms with Gasteiger partial charge in [-0.3, -0.25) is 9.59 Å². The van der Waals surface area contributed by atoms with Crippen molar-refractivity contribution < 1.29 is 27.1 Å². The topological polar surface area (TPSA) is 75.6 Å². The van der Waals surface area contributed by atoms with E-state index in [1.165, 1.54) is 35.9 Å². The van der Waals surface area contributed by atoms with Gasteiger partial charge in [0.15, 0.2) is 0 Å². The lowest BCUT2D eigenvalue weighted by Crippen LogP contribution is -2.60. The van der Waals surface area contributed by atoms with Crippen LogP contribution in [0.4, 0.5) is 23.2 Å². The van der Waals surface area contributed by atoms with Crippen LogP contribution in [0.3, 0.4) is 0 Å². The normalized spacial score (nSPS) is 28.0. The van der Waals surface area contributed by atoms with E-state index in [0.717, 1.165) is 25.6 Å². The van der Waals surface area contributed by atoms with Crippen LogP contribution in [0.1, 0.15) is 59.8 Å². The predicted octanol–water partition coefficient (Wildman–Crippen LogP) is 4.08. The Morgan fingerprint density at radius 3 is 2.58 bits per heavy atom. The molecule has 2 aromatic rings. The van der Waals surface area contributed by atoms with E-state index >= 15 is 0 Å². The van der Waals surface area contributed by atoms with E-state index in [1.807, 2.05) is 0 Å². The molecule has 1 amide bonds. The number of rotatable bonds is 7. The number of benzene rings is 1. The molecule has 1 saturated carbocycles. The molecular weight excluding hydrogens is 504 g/mol. The molecule has 1 aromatic heterocycles. The summed E-state index contributed by atoms with van der Waals surface area (Å²) in [6.07, 6.45) is -1.73. The number of fused-ring (bicyclic) bond motifs is 2. The van der Waals surface area contributed by atoms with Crippen LogP contribution in [0.15, 0.2) is 35.3 Å². The number of halogens is 4.